The van der Waals surface area contributed by atoms with Gasteiger partial charge in [0.15, 0.2) is 0 Å². The molecule has 1 aliphatic heterocycles. The number of nitrogens with zero attached hydrogens (tertiary/aromatic N) is 1. The van der Waals surface area contributed by atoms with Gasteiger partial charge in [-0.05, 0) is 18.4 Å². The van der Waals surface area contributed by atoms with E-state index in [1.807, 2.05) is 30.3 Å². The van der Waals surface area contributed by atoms with E-state index in [0.29, 0.717) is 13.0 Å². The molecule has 1 unspecified atom stereocenters. The number of benzene rings is 1. The first-order valence-corrected chi connectivity index (χ1v) is 5.73. The van der Waals surface area contributed by atoms with E-state index in [1.54, 1.807) is 0 Å². The second kappa shape index (κ2) is 5.48. The fraction of sp³-hybridized carbons (Fsp3) is 0.385. The summed E-state index contributed by atoms with van der Waals surface area (Å²) in [6.07, 6.45) is 2.29. The molecule has 1 amide bonds. The number of ether oxygens (including phenoxy) is 1. The lowest BCUT2D eigenvalue weighted by Gasteiger charge is -2.18. The fourth-order valence-corrected chi connectivity index (χ4v) is 1.99. The maximum Gasteiger partial charge on any atom is 0.329 e. The van der Waals surface area contributed by atoms with Gasteiger partial charge in [-0.15, -0.1) is 0 Å². The van der Waals surface area contributed by atoms with Gasteiger partial charge in [-0.25, -0.2) is 4.79 Å². The fourth-order valence-electron chi connectivity index (χ4n) is 1.99. The van der Waals surface area contributed by atoms with Gasteiger partial charge < -0.3 is 9.64 Å². The van der Waals surface area contributed by atoms with Crippen LogP contribution in [-0.4, -0.2) is 29.9 Å². The lowest BCUT2D eigenvalue weighted by Crippen LogP contribution is -2.36. The molecule has 1 fully saturated rings. The highest BCUT2D eigenvalue weighted by Gasteiger charge is 2.30. The smallest absolute Gasteiger partial charge is 0.329 e. The van der Waals surface area contributed by atoms with Crippen molar-refractivity contribution in [2.45, 2.75) is 25.5 Å². The van der Waals surface area contributed by atoms with E-state index >= 15 is 0 Å². The van der Waals surface area contributed by atoms with Crippen LogP contribution in [0.3, 0.4) is 0 Å². The number of hydrogen-bond acceptors (Lipinski definition) is 3. The van der Waals surface area contributed by atoms with Crippen molar-refractivity contribution in [3.63, 3.8) is 0 Å². The Morgan fingerprint density at radius 1 is 1.41 bits per heavy atom. The quantitative estimate of drug-likeness (QED) is 0.582. The van der Waals surface area contributed by atoms with Crippen LogP contribution in [0.25, 0.3) is 0 Å². The Balaban J connectivity index is 1.87. The third kappa shape index (κ3) is 2.84. The first-order chi connectivity index (χ1) is 8.31. The van der Waals surface area contributed by atoms with Crippen molar-refractivity contribution < 1.29 is 14.3 Å². The molecule has 1 saturated heterocycles. The van der Waals surface area contributed by atoms with Gasteiger partial charge in [0.1, 0.15) is 12.6 Å². The van der Waals surface area contributed by atoms with E-state index in [0.717, 1.165) is 18.4 Å². The van der Waals surface area contributed by atoms with Crippen LogP contribution in [0.5, 0.6) is 0 Å². The van der Waals surface area contributed by atoms with E-state index in [2.05, 4.69) is 0 Å². The minimum atomic E-state index is -0.392. The molecule has 0 aromatic heterocycles. The zero-order valence-corrected chi connectivity index (χ0v) is 9.54. The molecule has 0 spiro atoms. The number of likely N-dealkylation sites (tertiary alicyclic amines) is 1. The summed E-state index contributed by atoms with van der Waals surface area (Å²) in [5, 5.41) is 0. The Kier molecular flexibility index (Phi) is 3.75. The maximum atomic E-state index is 11.8. The largest absolute Gasteiger partial charge is 0.459 e. The maximum absolute atomic E-state index is 11.8. The zero-order chi connectivity index (χ0) is 12.1. The summed E-state index contributed by atoms with van der Waals surface area (Å²) in [4.78, 5) is 24.0. The van der Waals surface area contributed by atoms with Crippen LogP contribution in [-0.2, 0) is 20.9 Å². The van der Waals surface area contributed by atoms with Crippen LogP contribution in [0.4, 0.5) is 0 Å². The summed E-state index contributed by atoms with van der Waals surface area (Å²) in [6.45, 7) is 0.914. The number of carbonyl (C=O) groups is 2. The first kappa shape index (κ1) is 11.6. The lowest BCUT2D eigenvalue weighted by molar-refractivity contribution is -0.152. The Morgan fingerprint density at radius 3 is 2.88 bits per heavy atom. The van der Waals surface area contributed by atoms with E-state index in [-0.39, 0.29) is 12.6 Å². The zero-order valence-electron chi connectivity index (χ0n) is 9.54. The molecule has 2 rings (SSSR count). The molecule has 4 nitrogen and oxygen atoms in total. The Hall–Kier alpha value is -1.84. The van der Waals surface area contributed by atoms with E-state index in [1.165, 1.54) is 4.90 Å². The number of hydrogen-bond donors (Lipinski definition) is 0. The van der Waals surface area contributed by atoms with Crippen molar-refractivity contribution in [1.82, 2.24) is 4.90 Å². The van der Waals surface area contributed by atoms with Crippen LogP contribution in [0.15, 0.2) is 30.3 Å². The van der Waals surface area contributed by atoms with Crippen LogP contribution >= 0.6 is 0 Å². The predicted molar refractivity (Wildman–Crippen MR) is 62.0 cm³/mol. The van der Waals surface area contributed by atoms with Gasteiger partial charge in [0.05, 0.1) is 0 Å². The van der Waals surface area contributed by atoms with E-state index in [9.17, 15) is 9.59 Å². The Labute approximate surface area is 100 Å². The van der Waals surface area contributed by atoms with Gasteiger partial charge in [0, 0.05) is 6.54 Å². The van der Waals surface area contributed by atoms with Crippen LogP contribution in [0.1, 0.15) is 18.4 Å². The summed E-state index contributed by atoms with van der Waals surface area (Å²) in [6, 6.07) is 9.12. The standard InChI is InChI=1S/C13H15NO3/c15-10-14-8-4-7-12(14)13(16)17-9-11-5-2-1-3-6-11/h1-3,5-6,10,12H,4,7-9H2. The minimum Gasteiger partial charge on any atom is -0.459 e. The predicted octanol–water partition coefficient (Wildman–Crippen LogP) is 1.35. The second-order valence-corrected chi connectivity index (χ2v) is 4.09. The number of amides is 1. The molecule has 1 atom stereocenters. The molecule has 1 aliphatic rings. The minimum absolute atomic E-state index is 0.267. The molecule has 0 radical (unpaired) electrons. The van der Waals surface area contributed by atoms with Crippen molar-refractivity contribution in [2.75, 3.05) is 6.54 Å². The summed E-state index contributed by atoms with van der Waals surface area (Å²) in [5.41, 5.74) is 0.955. The van der Waals surface area contributed by atoms with Crippen molar-refractivity contribution in [2.24, 2.45) is 0 Å². The third-order valence-electron chi connectivity index (χ3n) is 2.93. The summed E-state index contributed by atoms with van der Waals surface area (Å²) < 4.78 is 5.20. The molecule has 1 heterocycles. The van der Waals surface area contributed by atoms with Crippen LogP contribution in [0.2, 0.25) is 0 Å². The number of carbonyl (C=O) groups excluding carboxylic acids is 2. The van der Waals surface area contributed by atoms with Crippen molar-refractivity contribution >= 4 is 12.4 Å². The average Bonchev–Trinajstić information content (AvgIpc) is 2.85. The second-order valence-electron chi connectivity index (χ2n) is 4.09. The molecule has 0 N–H and O–H groups in total. The van der Waals surface area contributed by atoms with Crippen LogP contribution in [0, 0.1) is 0 Å². The highest BCUT2D eigenvalue weighted by Crippen LogP contribution is 2.17. The molecule has 1 aromatic rings. The summed E-state index contributed by atoms with van der Waals surface area (Å²) >= 11 is 0. The highest BCUT2D eigenvalue weighted by molar-refractivity contribution is 5.78. The Bertz CT molecular complexity index is 391. The topological polar surface area (TPSA) is 46.6 Å². The highest BCUT2D eigenvalue weighted by atomic mass is 16.5. The third-order valence-corrected chi connectivity index (χ3v) is 2.93. The molecule has 4 heteroatoms. The normalized spacial score (nSPS) is 19.1. The molecular weight excluding hydrogens is 218 g/mol. The van der Waals surface area contributed by atoms with Gasteiger partial charge in [-0.3, -0.25) is 4.79 Å². The monoisotopic (exact) mass is 233 g/mol. The van der Waals surface area contributed by atoms with Crippen molar-refractivity contribution in [3.8, 4) is 0 Å². The van der Waals surface area contributed by atoms with Gasteiger partial charge in [0.25, 0.3) is 0 Å². The summed E-state index contributed by atoms with van der Waals surface area (Å²) in [7, 11) is 0. The molecule has 0 saturated carbocycles. The SMILES string of the molecule is O=CN1CCCC1C(=O)OCc1ccccc1. The summed E-state index contributed by atoms with van der Waals surface area (Å²) in [5.74, 6) is -0.307. The Morgan fingerprint density at radius 2 is 2.18 bits per heavy atom. The molecule has 1 aromatic carbocycles. The van der Waals surface area contributed by atoms with Gasteiger partial charge >= 0.3 is 5.97 Å². The van der Waals surface area contributed by atoms with Crippen molar-refractivity contribution in [1.29, 1.82) is 0 Å². The van der Waals surface area contributed by atoms with Gasteiger partial charge in [-0.1, -0.05) is 30.3 Å². The lowest BCUT2D eigenvalue weighted by atomic mass is 10.2. The van der Waals surface area contributed by atoms with E-state index in [4.69, 9.17) is 4.74 Å². The van der Waals surface area contributed by atoms with Gasteiger partial charge in [0.2, 0.25) is 6.41 Å². The van der Waals surface area contributed by atoms with Gasteiger partial charge in [-0.2, -0.15) is 0 Å². The molecule has 17 heavy (non-hydrogen) atoms. The number of rotatable bonds is 4. The number of esters is 1. The molecule has 0 bridgehead atoms. The average molecular weight is 233 g/mol. The van der Waals surface area contributed by atoms with Crippen molar-refractivity contribution in [3.05, 3.63) is 35.9 Å². The van der Waals surface area contributed by atoms with E-state index < -0.39 is 6.04 Å². The van der Waals surface area contributed by atoms with Crippen LogP contribution < -0.4 is 0 Å². The first-order valence-electron chi connectivity index (χ1n) is 5.73. The molecule has 0 aliphatic carbocycles. The molecular formula is C13H15NO3. The molecule has 90 valence electrons.